The van der Waals surface area contributed by atoms with Crippen LogP contribution in [0.3, 0.4) is 0 Å². The number of halogens is 1. The van der Waals surface area contributed by atoms with Crippen LogP contribution >= 0.6 is 11.6 Å². The number of aryl methyl sites for hydroxylation is 1. The molecular formula is C27H33ClN4O4S. The zero-order valence-electron chi connectivity index (χ0n) is 21.6. The molecule has 2 heterocycles. The van der Waals surface area contributed by atoms with Crippen molar-refractivity contribution in [3.63, 3.8) is 0 Å². The van der Waals surface area contributed by atoms with E-state index in [1.807, 2.05) is 35.9 Å². The minimum absolute atomic E-state index is 0.0210. The molecule has 0 saturated carbocycles. The molecule has 0 spiro atoms. The van der Waals surface area contributed by atoms with Crippen molar-refractivity contribution in [3.8, 4) is 5.75 Å². The van der Waals surface area contributed by atoms with Crippen LogP contribution in [0.2, 0.25) is 5.02 Å². The van der Waals surface area contributed by atoms with Crippen molar-refractivity contribution < 1.29 is 17.9 Å². The molecule has 1 aliphatic rings. The zero-order chi connectivity index (χ0) is 26.7. The number of benzene rings is 2. The third-order valence-corrected chi connectivity index (χ3v) is 7.58. The first-order valence-corrected chi connectivity index (χ1v) is 14.5. The van der Waals surface area contributed by atoms with Gasteiger partial charge in [0, 0.05) is 48.2 Å². The fourth-order valence-corrected chi connectivity index (χ4v) is 5.04. The normalized spacial score (nSPS) is 15.0. The Balaban J connectivity index is 1.42. The van der Waals surface area contributed by atoms with E-state index in [0.29, 0.717) is 54.4 Å². The maximum Gasteiger partial charge on any atom is 0.242 e. The summed E-state index contributed by atoms with van der Waals surface area (Å²) in [7, 11) is -3.23. The fourth-order valence-electron chi connectivity index (χ4n) is 4.21. The number of piperazine rings is 1. The lowest BCUT2D eigenvalue weighted by Gasteiger charge is -2.33. The van der Waals surface area contributed by atoms with Crippen LogP contribution in [0.25, 0.3) is 0 Å². The Labute approximate surface area is 223 Å². The van der Waals surface area contributed by atoms with Gasteiger partial charge < -0.3 is 4.74 Å². The van der Waals surface area contributed by atoms with Crippen LogP contribution in [-0.4, -0.2) is 61.5 Å². The lowest BCUT2D eigenvalue weighted by molar-refractivity contribution is -0.121. The summed E-state index contributed by atoms with van der Waals surface area (Å²) < 4.78 is 31.2. The van der Waals surface area contributed by atoms with E-state index in [2.05, 4.69) is 18.7 Å². The second-order valence-corrected chi connectivity index (χ2v) is 12.4. The molecule has 1 fully saturated rings. The second-order valence-electron chi connectivity index (χ2n) is 9.93. The zero-order valence-corrected chi connectivity index (χ0v) is 23.2. The standard InChI is InChI=1S/C27H33ClN4O4S/c1-19(2)18-36-25-10-7-23(28)14-22(25)16-32-20(3)13-26(29-32)31-12-11-30(17-27(31)33)15-21-5-8-24(9-6-21)37(4,34)35/h5-10,13-14,19H,11-12,15-18H2,1-4H3. The molecule has 1 aliphatic heterocycles. The number of nitrogens with zero attached hydrogens (tertiary/aromatic N) is 4. The summed E-state index contributed by atoms with van der Waals surface area (Å²) in [6, 6.07) is 14.3. The number of anilines is 1. The Morgan fingerprint density at radius 3 is 2.43 bits per heavy atom. The van der Waals surface area contributed by atoms with Gasteiger partial charge in [0.1, 0.15) is 5.75 Å². The number of sulfone groups is 1. The average Bonchev–Trinajstić information content (AvgIpc) is 3.18. The summed E-state index contributed by atoms with van der Waals surface area (Å²) in [5.74, 6) is 1.79. The van der Waals surface area contributed by atoms with Crippen molar-refractivity contribution in [1.82, 2.24) is 14.7 Å². The minimum atomic E-state index is -3.23. The number of hydrogen-bond donors (Lipinski definition) is 0. The van der Waals surface area contributed by atoms with Crippen molar-refractivity contribution in [2.75, 3.05) is 37.4 Å². The van der Waals surface area contributed by atoms with Gasteiger partial charge in [-0.3, -0.25) is 19.3 Å². The molecule has 3 aromatic rings. The minimum Gasteiger partial charge on any atom is -0.493 e. The molecule has 0 N–H and O–H groups in total. The SMILES string of the molecule is Cc1cc(N2CCN(Cc3ccc(S(C)(=O)=O)cc3)CC2=O)nn1Cc1cc(Cl)ccc1OCC(C)C. The average molecular weight is 545 g/mol. The largest absolute Gasteiger partial charge is 0.493 e. The smallest absolute Gasteiger partial charge is 0.242 e. The number of aromatic nitrogens is 2. The van der Waals surface area contributed by atoms with Crippen LogP contribution < -0.4 is 9.64 Å². The van der Waals surface area contributed by atoms with E-state index in [1.54, 1.807) is 29.2 Å². The van der Waals surface area contributed by atoms with E-state index < -0.39 is 9.84 Å². The molecular weight excluding hydrogens is 512 g/mol. The highest BCUT2D eigenvalue weighted by molar-refractivity contribution is 7.90. The molecule has 1 amide bonds. The third-order valence-electron chi connectivity index (χ3n) is 6.22. The first-order chi connectivity index (χ1) is 17.5. The molecule has 8 nitrogen and oxygen atoms in total. The summed E-state index contributed by atoms with van der Waals surface area (Å²) in [5, 5.41) is 5.37. The quantitative estimate of drug-likeness (QED) is 0.402. The number of carbonyl (C=O) groups is 1. The van der Waals surface area contributed by atoms with Crippen molar-refractivity contribution >= 4 is 33.2 Å². The van der Waals surface area contributed by atoms with E-state index in [4.69, 9.17) is 21.4 Å². The number of amides is 1. The van der Waals surface area contributed by atoms with Crippen LogP contribution in [0.1, 0.15) is 30.7 Å². The Morgan fingerprint density at radius 2 is 1.78 bits per heavy atom. The molecule has 1 aromatic heterocycles. The number of carbonyl (C=O) groups excluding carboxylic acids is 1. The maximum atomic E-state index is 13.0. The highest BCUT2D eigenvalue weighted by Gasteiger charge is 2.27. The molecule has 37 heavy (non-hydrogen) atoms. The van der Waals surface area contributed by atoms with Crippen LogP contribution in [0, 0.1) is 12.8 Å². The molecule has 2 aromatic carbocycles. The summed E-state index contributed by atoms with van der Waals surface area (Å²) in [4.78, 5) is 17.1. The molecule has 4 rings (SSSR count). The van der Waals surface area contributed by atoms with E-state index in [-0.39, 0.29) is 12.5 Å². The van der Waals surface area contributed by atoms with Crippen molar-refractivity contribution in [3.05, 3.63) is 70.4 Å². The van der Waals surface area contributed by atoms with Crippen molar-refractivity contribution in [2.45, 2.75) is 38.8 Å². The van der Waals surface area contributed by atoms with Crippen LogP contribution in [0.15, 0.2) is 53.4 Å². The summed E-state index contributed by atoms with van der Waals surface area (Å²) in [6.07, 6.45) is 1.19. The van der Waals surface area contributed by atoms with E-state index >= 15 is 0 Å². The highest BCUT2D eigenvalue weighted by atomic mass is 35.5. The van der Waals surface area contributed by atoms with E-state index in [1.165, 1.54) is 6.26 Å². The third kappa shape index (κ3) is 6.91. The molecule has 0 bridgehead atoms. The maximum absolute atomic E-state index is 13.0. The van der Waals surface area contributed by atoms with Gasteiger partial charge in [-0.25, -0.2) is 8.42 Å². The first kappa shape index (κ1) is 27.2. The van der Waals surface area contributed by atoms with Gasteiger partial charge in [0.2, 0.25) is 5.91 Å². The molecule has 0 unspecified atom stereocenters. The van der Waals surface area contributed by atoms with Crippen LogP contribution in [0.5, 0.6) is 5.75 Å². The summed E-state index contributed by atoms with van der Waals surface area (Å²) in [5.41, 5.74) is 2.83. The second kappa shape index (κ2) is 11.2. The predicted octanol–water partition coefficient (Wildman–Crippen LogP) is 4.18. The Kier molecular flexibility index (Phi) is 8.26. The molecule has 1 saturated heterocycles. The highest BCUT2D eigenvalue weighted by Crippen LogP contribution is 2.26. The number of rotatable bonds is 9. The van der Waals surface area contributed by atoms with Gasteiger partial charge >= 0.3 is 0 Å². The first-order valence-electron chi connectivity index (χ1n) is 12.3. The van der Waals surface area contributed by atoms with Gasteiger partial charge in [0.15, 0.2) is 15.7 Å². The molecule has 0 radical (unpaired) electrons. The van der Waals surface area contributed by atoms with Gasteiger partial charge in [-0.05, 0) is 48.7 Å². The van der Waals surface area contributed by atoms with E-state index in [9.17, 15) is 13.2 Å². The fraction of sp³-hybridized carbons (Fsp3) is 0.407. The number of ether oxygens (including phenoxy) is 1. The summed E-state index contributed by atoms with van der Waals surface area (Å²) in [6.45, 7) is 9.32. The summed E-state index contributed by atoms with van der Waals surface area (Å²) >= 11 is 6.26. The Hall–Kier alpha value is -2.88. The molecule has 0 atom stereocenters. The van der Waals surface area contributed by atoms with Gasteiger partial charge in [-0.1, -0.05) is 37.6 Å². The molecule has 10 heteroatoms. The van der Waals surface area contributed by atoms with Gasteiger partial charge in [-0.15, -0.1) is 0 Å². The Bertz CT molecular complexity index is 1370. The lowest BCUT2D eigenvalue weighted by Crippen LogP contribution is -2.50. The van der Waals surface area contributed by atoms with Crippen molar-refractivity contribution in [1.29, 1.82) is 0 Å². The topological polar surface area (TPSA) is 84.7 Å². The van der Waals surface area contributed by atoms with Crippen LogP contribution in [-0.2, 0) is 27.7 Å². The molecule has 198 valence electrons. The lowest BCUT2D eigenvalue weighted by atomic mass is 10.2. The molecule has 0 aliphatic carbocycles. The Morgan fingerprint density at radius 1 is 1.05 bits per heavy atom. The van der Waals surface area contributed by atoms with E-state index in [0.717, 1.165) is 22.6 Å². The monoisotopic (exact) mass is 544 g/mol. The van der Waals surface area contributed by atoms with Gasteiger partial charge in [0.25, 0.3) is 0 Å². The van der Waals surface area contributed by atoms with Gasteiger partial charge in [0.05, 0.1) is 24.6 Å². The van der Waals surface area contributed by atoms with Crippen molar-refractivity contribution in [2.24, 2.45) is 5.92 Å². The van der Waals surface area contributed by atoms with Gasteiger partial charge in [-0.2, -0.15) is 5.10 Å². The van der Waals surface area contributed by atoms with Crippen LogP contribution in [0.4, 0.5) is 5.82 Å². The number of hydrogen-bond acceptors (Lipinski definition) is 6. The predicted molar refractivity (Wildman–Crippen MR) is 145 cm³/mol.